The number of benzene rings is 1. The van der Waals surface area contributed by atoms with Crippen molar-refractivity contribution in [3.05, 3.63) is 47.5 Å². The molecule has 0 radical (unpaired) electrons. The number of halogens is 1. The summed E-state index contributed by atoms with van der Waals surface area (Å²) in [4.78, 5) is 39.9. The third kappa shape index (κ3) is 8.44. The molecular weight excluding hydrogens is 563 g/mol. The minimum atomic E-state index is -0.883. The summed E-state index contributed by atoms with van der Waals surface area (Å²) >= 11 is 0. The van der Waals surface area contributed by atoms with Gasteiger partial charge >= 0.3 is 0 Å². The van der Waals surface area contributed by atoms with Crippen molar-refractivity contribution in [1.82, 2.24) is 25.7 Å². The molecule has 3 amide bonds. The van der Waals surface area contributed by atoms with E-state index in [-0.39, 0.29) is 17.5 Å². The van der Waals surface area contributed by atoms with Crippen molar-refractivity contribution in [3.8, 4) is 0 Å². The van der Waals surface area contributed by atoms with Crippen LogP contribution in [0.15, 0.2) is 30.5 Å². The Labute approximate surface area is 259 Å². The average molecular weight is 613 g/mol. The van der Waals surface area contributed by atoms with Crippen LogP contribution in [0.25, 0.3) is 0 Å². The first kappa shape index (κ1) is 33.6. The van der Waals surface area contributed by atoms with Crippen LogP contribution >= 0.6 is 0 Å². The lowest BCUT2D eigenvalue weighted by atomic mass is 9.79. The number of nitrogens with zero attached hydrogens (tertiary/aromatic N) is 2. The van der Waals surface area contributed by atoms with E-state index >= 15 is 4.39 Å². The molecule has 3 unspecified atom stereocenters. The van der Waals surface area contributed by atoms with Gasteiger partial charge in [-0.3, -0.25) is 24.4 Å². The molecule has 11 heteroatoms. The Kier molecular flexibility index (Phi) is 11.9. The summed E-state index contributed by atoms with van der Waals surface area (Å²) in [5.74, 6) is -1.25. The third-order valence-electron chi connectivity index (χ3n) is 9.46. The van der Waals surface area contributed by atoms with Crippen LogP contribution in [-0.4, -0.2) is 57.5 Å². The number of nitrogens with one attached hydrogen (secondary N) is 4. The molecule has 2 aliphatic rings. The van der Waals surface area contributed by atoms with Crippen molar-refractivity contribution in [2.45, 2.75) is 110 Å². The molecule has 5 N–H and O–H groups in total. The number of carbonyl (C=O) groups is 3. The fourth-order valence-electron chi connectivity index (χ4n) is 6.15. The number of carbonyl (C=O) groups excluding carboxylic acids is 3. The van der Waals surface area contributed by atoms with Gasteiger partial charge in [0.15, 0.2) is 0 Å². The SMILES string of the molecule is CCC(O)NC(C(=O)NCC1CCC1)C(C)c1ccc(NC(=O)[C@@H](NC(=O)c2ccnn2CC)C2CCC(C)CC2)c(F)c1. The lowest BCUT2D eigenvalue weighted by molar-refractivity contribution is -0.125. The van der Waals surface area contributed by atoms with Crippen LogP contribution in [0.2, 0.25) is 0 Å². The average Bonchev–Trinajstić information content (AvgIpc) is 3.48. The number of rotatable bonds is 14. The topological polar surface area (TPSA) is 137 Å². The van der Waals surface area contributed by atoms with Gasteiger partial charge in [0.25, 0.3) is 5.91 Å². The van der Waals surface area contributed by atoms with Crippen LogP contribution in [-0.2, 0) is 16.1 Å². The van der Waals surface area contributed by atoms with E-state index in [2.05, 4.69) is 33.3 Å². The predicted octanol–water partition coefficient (Wildman–Crippen LogP) is 4.31. The lowest BCUT2D eigenvalue weighted by Crippen LogP contribution is -2.51. The van der Waals surface area contributed by atoms with Gasteiger partial charge in [-0.05, 0) is 80.5 Å². The maximum atomic E-state index is 15.5. The highest BCUT2D eigenvalue weighted by molar-refractivity contribution is 6.00. The van der Waals surface area contributed by atoms with E-state index in [1.165, 1.54) is 18.6 Å². The second kappa shape index (κ2) is 15.6. The number of aryl methyl sites for hydroxylation is 1. The van der Waals surface area contributed by atoms with Crippen LogP contribution in [0.5, 0.6) is 0 Å². The third-order valence-corrected chi connectivity index (χ3v) is 9.46. The molecule has 1 aromatic heterocycles. The van der Waals surface area contributed by atoms with Gasteiger partial charge in [-0.15, -0.1) is 0 Å². The van der Waals surface area contributed by atoms with Crippen LogP contribution in [0.1, 0.15) is 101 Å². The van der Waals surface area contributed by atoms with Gasteiger partial charge in [0.1, 0.15) is 23.8 Å². The molecule has 0 aliphatic heterocycles. The van der Waals surface area contributed by atoms with E-state index in [9.17, 15) is 19.5 Å². The summed E-state index contributed by atoms with van der Waals surface area (Å²) in [5, 5.41) is 26.1. The Morgan fingerprint density at radius 1 is 1.07 bits per heavy atom. The van der Waals surface area contributed by atoms with E-state index in [1.54, 1.807) is 23.0 Å². The number of aromatic nitrogens is 2. The van der Waals surface area contributed by atoms with Crippen molar-refractivity contribution in [2.24, 2.45) is 17.8 Å². The standard InChI is InChI=1S/C33H49FN6O4/c1-5-28(41)38-29(32(43)35-19-22-8-7-9-22)21(4)24-14-15-26(25(34)18-24)37-33(44)30(23-12-10-20(3)11-13-23)39-31(42)27-16-17-36-40(27)6-2/h14-18,20-23,28-30,38,41H,5-13,19H2,1-4H3,(H,35,43)(H,37,44)(H,39,42)/t20?,21?,23?,28?,29?,30-/m0/s1. The largest absolute Gasteiger partial charge is 0.379 e. The molecule has 242 valence electrons. The zero-order chi connectivity index (χ0) is 31.8. The second-order valence-corrected chi connectivity index (χ2v) is 12.6. The lowest BCUT2D eigenvalue weighted by Gasteiger charge is -2.32. The fraction of sp³-hybridized carbons (Fsp3) is 0.636. The van der Waals surface area contributed by atoms with Gasteiger partial charge in [0, 0.05) is 25.2 Å². The van der Waals surface area contributed by atoms with Gasteiger partial charge in [-0.2, -0.15) is 5.10 Å². The molecule has 44 heavy (non-hydrogen) atoms. The van der Waals surface area contributed by atoms with E-state index < -0.39 is 41.9 Å². The summed E-state index contributed by atoms with van der Waals surface area (Å²) in [6, 6.07) is 4.51. The molecule has 1 aromatic carbocycles. The van der Waals surface area contributed by atoms with Crippen molar-refractivity contribution in [2.75, 3.05) is 11.9 Å². The highest BCUT2D eigenvalue weighted by Gasteiger charge is 2.34. The number of aliphatic hydroxyl groups excluding tert-OH is 1. The summed E-state index contributed by atoms with van der Waals surface area (Å²) in [7, 11) is 0. The van der Waals surface area contributed by atoms with Crippen molar-refractivity contribution in [3.63, 3.8) is 0 Å². The number of aliphatic hydroxyl groups is 1. The zero-order valence-corrected chi connectivity index (χ0v) is 26.4. The van der Waals surface area contributed by atoms with Crippen molar-refractivity contribution in [1.29, 1.82) is 0 Å². The minimum Gasteiger partial charge on any atom is -0.379 e. The maximum absolute atomic E-state index is 15.5. The monoisotopic (exact) mass is 612 g/mol. The molecule has 10 nitrogen and oxygen atoms in total. The van der Waals surface area contributed by atoms with E-state index in [1.807, 2.05) is 20.8 Å². The Morgan fingerprint density at radius 2 is 1.80 bits per heavy atom. The summed E-state index contributed by atoms with van der Waals surface area (Å²) in [5.41, 5.74) is 0.923. The van der Waals surface area contributed by atoms with Gasteiger partial charge < -0.3 is 21.1 Å². The van der Waals surface area contributed by atoms with Crippen LogP contribution < -0.4 is 21.3 Å². The summed E-state index contributed by atoms with van der Waals surface area (Å²) < 4.78 is 17.1. The first-order valence-electron chi connectivity index (χ1n) is 16.3. The molecule has 1 heterocycles. The van der Waals surface area contributed by atoms with E-state index in [4.69, 9.17) is 0 Å². The molecule has 0 saturated heterocycles. The predicted molar refractivity (Wildman–Crippen MR) is 167 cm³/mol. The zero-order valence-electron chi connectivity index (χ0n) is 26.4. The normalized spacial score (nSPS) is 21.4. The van der Waals surface area contributed by atoms with Gasteiger partial charge in [-0.1, -0.05) is 46.1 Å². The molecule has 2 aliphatic carbocycles. The van der Waals surface area contributed by atoms with Crippen molar-refractivity contribution >= 4 is 23.4 Å². The molecule has 4 atom stereocenters. The number of hydrogen-bond acceptors (Lipinski definition) is 6. The molecule has 0 spiro atoms. The Morgan fingerprint density at radius 3 is 2.41 bits per heavy atom. The Balaban J connectivity index is 1.48. The van der Waals surface area contributed by atoms with Gasteiger partial charge in [0.2, 0.25) is 11.8 Å². The molecule has 2 aromatic rings. The first-order chi connectivity index (χ1) is 21.1. The molecule has 2 saturated carbocycles. The smallest absolute Gasteiger partial charge is 0.270 e. The molecular formula is C33H49FN6O4. The second-order valence-electron chi connectivity index (χ2n) is 12.6. The highest BCUT2D eigenvalue weighted by atomic mass is 19.1. The summed E-state index contributed by atoms with van der Waals surface area (Å²) in [6.45, 7) is 8.79. The van der Waals surface area contributed by atoms with Crippen molar-refractivity contribution < 1.29 is 23.9 Å². The molecule has 4 rings (SSSR count). The van der Waals surface area contributed by atoms with Gasteiger partial charge in [-0.25, -0.2) is 4.39 Å². The van der Waals surface area contributed by atoms with Crippen LogP contribution in [0, 0.1) is 23.6 Å². The summed E-state index contributed by atoms with van der Waals surface area (Å²) in [6.07, 6.45) is 7.92. The van der Waals surface area contributed by atoms with Crippen LogP contribution in [0.3, 0.4) is 0 Å². The van der Waals surface area contributed by atoms with E-state index in [0.717, 1.165) is 38.5 Å². The number of hydrogen-bond donors (Lipinski definition) is 5. The number of anilines is 1. The van der Waals surface area contributed by atoms with E-state index in [0.29, 0.717) is 42.6 Å². The first-order valence-corrected chi connectivity index (χ1v) is 16.3. The minimum absolute atomic E-state index is 0.000475. The molecule has 0 bridgehead atoms. The number of amides is 3. The maximum Gasteiger partial charge on any atom is 0.270 e. The highest BCUT2D eigenvalue weighted by Crippen LogP contribution is 2.32. The Hall–Kier alpha value is -3.31. The fourth-order valence-corrected chi connectivity index (χ4v) is 6.15. The quantitative estimate of drug-likeness (QED) is 0.202. The Bertz CT molecular complexity index is 1270. The van der Waals surface area contributed by atoms with Gasteiger partial charge in [0.05, 0.1) is 11.7 Å². The van der Waals surface area contributed by atoms with Crippen LogP contribution in [0.4, 0.5) is 10.1 Å². The molecule has 2 fully saturated rings.